The summed E-state index contributed by atoms with van der Waals surface area (Å²) in [6, 6.07) is 13.7. The SMILES string of the molecule is Cc1cc2oc(=O)c(NC(=O)Cc3ccc(F)cc3F)c(-c3ccccc3C)c2cc1Cl. The van der Waals surface area contributed by atoms with Crippen molar-refractivity contribution in [1.82, 2.24) is 0 Å². The summed E-state index contributed by atoms with van der Waals surface area (Å²) in [7, 11) is 0. The molecule has 7 heteroatoms. The monoisotopic (exact) mass is 453 g/mol. The number of anilines is 1. The fourth-order valence-corrected chi connectivity index (χ4v) is 3.75. The van der Waals surface area contributed by atoms with Gasteiger partial charge in [-0.15, -0.1) is 0 Å². The van der Waals surface area contributed by atoms with Crippen LogP contribution in [-0.4, -0.2) is 5.91 Å². The molecule has 0 spiro atoms. The zero-order valence-corrected chi connectivity index (χ0v) is 18.0. The van der Waals surface area contributed by atoms with Gasteiger partial charge in [0.05, 0.1) is 6.42 Å². The highest BCUT2D eigenvalue weighted by Gasteiger charge is 2.21. The smallest absolute Gasteiger partial charge is 0.360 e. The lowest BCUT2D eigenvalue weighted by Crippen LogP contribution is -2.21. The standard InChI is InChI=1S/C25H18ClF2NO3/c1-13-5-3-4-6-17(13)23-18-12-19(26)14(2)9-21(18)32-25(31)24(23)29-22(30)10-15-7-8-16(27)11-20(15)28/h3-9,11-12H,10H2,1-2H3,(H,29,30). The summed E-state index contributed by atoms with van der Waals surface area (Å²) in [6.45, 7) is 3.67. The third kappa shape index (κ3) is 4.14. The first-order chi connectivity index (χ1) is 15.2. The molecule has 1 aromatic heterocycles. The number of halogens is 3. The van der Waals surface area contributed by atoms with E-state index in [1.54, 1.807) is 19.1 Å². The summed E-state index contributed by atoms with van der Waals surface area (Å²) in [5.41, 5.74) is 2.31. The molecule has 0 unspecified atom stereocenters. The Morgan fingerprint density at radius 3 is 2.50 bits per heavy atom. The Morgan fingerprint density at radius 2 is 1.78 bits per heavy atom. The fourth-order valence-electron chi connectivity index (χ4n) is 3.59. The molecule has 1 amide bonds. The molecule has 0 radical (unpaired) electrons. The number of hydrogen-bond acceptors (Lipinski definition) is 3. The number of benzene rings is 3. The number of aryl methyl sites for hydroxylation is 2. The minimum Gasteiger partial charge on any atom is -0.421 e. The molecule has 1 N–H and O–H groups in total. The van der Waals surface area contributed by atoms with Gasteiger partial charge in [0.1, 0.15) is 22.9 Å². The molecule has 0 aliphatic rings. The second-order valence-electron chi connectivity index (χ2n) is 7.51. The van der Waals surface area contributed by atoms with Crippen LogP contribution in [0.25, 0.3) is 22.1 Å². The van der Waals surface area contributed by atoms with Gasteiger partial charge < -0.3 is 9.73 Å². The van der Waals surface area contributed by atoms with Crippen molar-refractivity contribution >= 4 is 34.2 Å². The lowest BCUT2D eigenvalue weighted by Gasteiger charge is -2.15. The molecule has 0 aliphatic carbocycles. The zero-order valence-electron chi connectivity index (χ0n) is 17.3. The van der Waals surface area contributed by atoms with Gasteiger partial charge in [-0.2, -0.15) is 0 Å². The van der Waals surface area contributed by atoms with Crippen LogP contribution in [0.15, 0.2) is 63.8 Å². The molecule has 162 valence electrons. The van der Waals surface area contributed by atoms with Crippen LogP contribution in [0, 0.1) is 25.5 Å². The summed E-state index contributed by atoms with van der Waals surface area (Å²) in [6.07, 6.45) is -0.383. The van der Waals surface area contributed by atoms with Crippen LogP contribution in [0.1, 0.15) is 16.7 Å². The van der Waals surface area contributed by atoms with Crippen molar-refractivity contribution in [2.24, 2.45) is 0 Å². The van der Waals surface area contributed by atoms with Gasteiger partial charge in [-0.05, 0) is 54.3 Å². The van der Waals surface area contributed by atoms with E-state index in [1.807, 2.05) is 31.2 Å². The van der Waals surface area contributed by atoms with Crippen LogP contribution in [0.5, 0.6) is 0 Å². The van der Waals surface area contributed by atoms with Crippen molar-refractivity contribution in [2.45, 2.75) is 20.3 Å². The highest BCUT2D eigenvalue weighted by molar-refractivity contribution is 6.32. The van der Waals surface area contributed by atoms with Gasteiger partial charge >= 0.3 is 5.63 Å². The number of rotatable bonds is 4. The molecule has 0 bridgehead atoms. The zero-order chi connectivity index (χ0) is 23.0. The van der Waals surface area contributed by atoms with Crippen molar-refractivity contribution < 1.29 is 18.0 Å². The largest absolute Gasteiger partial charge is 0.421 e. The molecule has 0 atom stereocenters. The van der Waals surface area contributed by atoms with Crippen molar-refractivity contribution in [3.05, 3.63) is 98.4 Å². The first kappa shape index (κ1) is 21.7. The second kappa shape index (κ2) is 8.55. The number of fused-ring (bicyclic) bond motifs is 1. The molecule has 4 nitrogen and oxygen atoms in total. The van der Waals surface area contributed by atoms with Gasteiger partial charge in [-0.25, -0.2) is 13.6 Å². The number of hydrogen-bond donors (Lipinski definition) is 1. The third-order valence-electron chi connectivity index (χ3n) is 5.23. The van der Waals surface area contributed by atoms with Gasteiger partial charge in [0.2, 0.25) is 5.91 Å². The lowest BCUT2D eigenvalue weighted by atomic mass is 9.95. The van der Waals surface area contributed by atoms with E-state index in [1.165, 1.54) is 6.07 Å². The highest BCUT2D eigenvalue weighted by atomic mass is 35.5. The molecule has 4 aromatic rings. The lowest BCUT2D eigenvalue weighted by molar-refractivity contribution is -0.115. The maximum Gasteiger partial charge on any atom is 0.360 e. The quantitative estimate of drug-likeness (QED) is 0.375. The summed E-state index contributed by atoms with van der Waals surface area (Å²) in [5, 5.41) is 3.60. The van der Waals surface area contributed by atoms with Crippen LogP contribution in [0.2, 0.25) is 5.02 Å². The number of carbonyl (C=O) groups is 1. The van der Waals surface area contributed by atoms with Crippen LogP contribution >= 0.6 is 11.6 Å². The van der Waals surface area contributed by atoms with Crippen molar-refractivity contribution in [1.29, 1.82) is 0 Å². The van der Waals surface area contributed by atoms with Crippen molar-refractivity contribution in [3.8, 4) is 11.1 Å². The van der Waals surface area contributed by atoms with Gasteiger partial charge in [-0.1, -0.05) is 41.9 Å². The first-order valence-corrected chi connectivity index (χ1v) is 10.2. The molecular weight excluding hydrogens is 436 g/mol. The van der Waals surface area contributed by atoms with E-state index >= 15 is 0 Å². The van der Waals surface area contributed by atoms with E-state index in [0.717, 1.165) is 17.2 Å². The summed E-state index contributed by atoms with van der Waals surface area (Å²) in [4.78, 5) is 25.6. The minimum absolute atomic E-state index is 0.00480. The van der Waals surface area contributed by atoms with E-state index < -0.39 is 23.2 Å². The predicted octanol–water partition coefficient (Wildman–Crippen LogP) is 6.19. The second-order valence-corrected chi connectivity index (χ2v) is 7.92. The number of nitrogens with one attached hydrogen (secondary N) is 1. The van der Waals surface area contributed by atoms with Gasteiger partial charge in [0.25, 0.3) is 0 Å². The molecule has 0 fully saturated rings. The number of amides is 1. The Kier molecular flexibility index (Phi) is 5.80. The maximum absolute atomic E-state index is 14.0. The summed E-state index contributed by atoms with van der Waals surface area (Å²) in [5.74, 6) is -2.22. The van der Waals surface area contributed by atoms with Crippen LogP contribution in [-0.2, 0) is 11.2 Å². The van der Waals surface area contributed by atoms with Crippen LogP contribution in [0.3, 0.4) is 0 Å². The predicted molar refractivity (Wildman–Crippen MR) is 121 cm³/mol. The van der Waals surface area contributed by atoms with Crippen LogP contribution in [0.4, 0.5) is 14.5 Å². The molecule has 32 heavy (non-hydrogen) atoms. The van der Waals surface area contributed by atoms with Gasteiger partial charge in [0.15, 0.2) is 0 Å². The molecular formula is C25H18ClF2NO3. The molecule has 0 aliphatic heterocycles. The Balaban J connectivity index is 1.87. The van der Waals surface area contributed by atoms with Crippen LogP contribution < -0.4 is 10.9 Å². The van der Waals surface area contributed by atoms with E-state index in [-0.39, 0.29) is 17.7 Å². The highest BCUT2D eigenvalue weighted by Crippen LogP contribution is 2.37. The fraction of sp³-hybridized carbons (Fsp3) is 0.120. The van der Waals surface area contributed by atoms with E-state index in [2.05, 4.69) is 5.32 Å². The Hall–Kier alpha value is -3.51. The van der Waals surface area contributed by atoms with Crippen molar-refractivity contribution in [3.63, 3.8) is 0 Å². The maximum atomic E-state index is 14.0. The normalized spacial score (nSPS) is 11.0. The summed E-state index contributed by atoms with van der Waals surface area (Å²) < 4.78 is 32.6. The molecule has 0 saturated carbocycles. The van der Waals surface area contributed by atoms with E-state index in [9.17, 15) is 18.4 Å². The molecule has 4 rings (SSSR count). The third-order valence-corrected chi connectivity index (χ3v) is 5.64. The molecule has 1 heterocycles. The molecule has 0 saturated heterocycles. The average Bonchev–Trinajstić information content (AvgIpc) is 2.73. The first-order valence-electron chi connectivity index (χ1n) is 9.81. The van der Waals surface area contributed by atoms with Crippen molar-refractivity contribution in [2.75, 3.05) is 5.32 Å². The number of carbonyl (C=O) groups excluding carboxylic acids is 1. The van der Waals surface area contributed by atoms with Gasteiger partial charge in [0, 0.05) is 22.0 Å². The topological polar surface area (TPSA) is 59.3 Å². The van der Waals surface area contributed by atoms with Gasteiger partial charge in [-0.3, -0.25) is 4.79 Å². The van der Waals surface area contributed by atoms with E-state index in [0.29, 0.717) is 33.2 Å². The Bertz CT molecular complexity index is 1430. The van der Waals surface area contributed by atoms with E-state index in [4.69, 9.17) is 16.0 Å². The summed E-state index contributed by atoms with van der Waals surface area (Å²) >= 11 is 6.34. The Labute approximate surface area is 187 Å². The minimum atomic E-state index is -0.841. The molecule has 3 aromatic carbocycles. The average molecular weight is 454 g/mol. The Morgan fingerprint density at radius 1 is 1.03 bits per heavy atom.